The van der Waals surface area contributed by atoms with Gasteiger partial charge in [0.05, 0.1) is 5.41 Å². The van der Waals surface area contributed by atoms with Crippen molar-refractivity contribution < 1.29 is 9.59 Å². The Hall–Kier alpha value is -1.10. The molecule has 0 spiro atoms. The molecule has 3 N–H and O–H groups in total. The minimum Gasteiger partial charge on any atom is -0.351 e. The van der Waals surface area contributed by atoms with Crippen LogP contribution in [-0.4, -0.2) is 42.9 Å². The van der Waals surface area contributed by atoms with E-state index in [9.17, 15) is 9.59 Å². The van der Waals surface area contributed by atoms with E-state index >= 15 is 0 Å². The predicted octanol–water partition coefficient (Wildman–Crippen LogP) is 0.243. The van der Waals surface area contributed by atoms with Gasteiger partial charge >= 0.3 is 0 Å². The summed E-state index contributed by atoms with van der Waals surface area (Å²) in [4.78, 5) is 25.4. The number of nitrogens with two attached hydrogens (primary N) is 1. The molecule has 5 heteroatoms. The van der Waals surface area contributed by atoms with Crippen LogP contribution in [0.1, 0.15) is 38.5 Å². The number of nitrogens with one attached hydrogen (secondary N) is 1. The Kier molecular flexibility index (Phi) is 3.90. The van der Waals surface area contributed by atoms with Crippen LogP contribution < -0.4 is 11.1 Å². The quantitative estimate of drug-likeness (QED) is 0.756. The van der Waals surface area contributed by atoms with E-state index in [0.29, 0.717) is 19.5 Å². The Morgan fingerprint density at radius 3 is 2.72 bits per heavy atom. The van der Waals surface area contributed by atoms with Gasteiger partial charge in [-0.1, -0.05) is 12.8 Å². The van der Waals surface area contributed by atoms with Gasteiger partial charge in [0.15, 0.2) is 0 Å². The van der Waals surface area contributed by atoms with Crippen LogP contribution in [-0.2, 0) is 9.59 Å². The Morgan fingerprint density at radius 2 is 2.17 bits per heavy atom. The van der Waals surface area contributed by atoms with Crippen LogP contribution in [0.3, 0.4) is 0 Å². The third kappa shape index (κ3) is 2.51. The van der Waals surface area contributed by atoms with Crippen LogP contribution in [0.15, 0.2) is 0 Å². The molecule has 0 radical (unpaired) electrons. The van der Waals surface area contributed by atoms with Crippen LogP contribution in [0.2, 0.25) is 0 Å². The molecular weight excluding hydrogens is 230 g/mol. The molecule has 1 aliphatic heterocycles. The van der Waals surface area contributed by atoms with E-state index in [1.165, 1.54) is 0 Å². The van der Waals surface area contributed by atoms with Gasteiger partial charge in [0.25, 0.3) is 0 Å². The molecule has 0 aromatic rings. The molecule has 2 rings (SSSR count). The van der Waals surface area contributed by atoms with Crippen molar-refractivity contribution >= 4 is 11.8 Å². The lowest BCUT2D eigenvalue weighted by atomic mass is 9.85. The van der Waals surface area contributed by atoms with Crippen molar-refractivity contribution in [3.8, 4) is 0 Å². The Morgan fingerprint density at radius 1 is 1.50 bits per heavy atom. The minimum absolute atomic E-state index is 0.0872. The predicted molar refractivity (Wildman–Crippen MR) is 68.8 cm³/mol. The number of nitrogens with zero attached hydrogens (tertiary/aromatic N) is 1. The average molecular weight is 253 g/mol. The molecule has 1 heterocycles. The van der Waals surface area contributed by atoms with E-state index in [1.807, 2.05) is 0 Å². The fraction of sp³-hybridized carbons (Fsp3) is 0.846. The molecule has 1 unspecified atom stereocenters. The first kappa shape index (κ1) is 13.3. The molecule has 0 bridgehead atoms. The van der Waals surface area contributed by atoms with Gasteiger partial charge in [-0.25, -0.2) is 0 Å². The van der Waals surface area contributed by atoms with Gasteiger partial charge in [-0.3, -0.25) is 9.59 Å². The number of carbonyl (C=O) groups excluding carboxylic acids is 2. The van der Waals surface area contributed by atoms with Gasteiger partial charge in [-0.2, -0.15) is 0 Å². The van der Waals surface area contributed by atoms with Gasteiger partial charge in [0.1, 0.15) is 0 Å². The maximum atomic E-state index is 12.4. The van der Waals surface area contributed by atoms with Gasteiger partial charge < -0.3 is 16.0 Å². The number of carbonyl (C=O) groups is 2. The fourth-order valence-electron chi connectivity index (χ4n) is 3.04. The highest BCUT2D eigenvalue weighted by Gasteiger charge is 2.40. The number of hydrogen-bond donors (Lipinski definition) is 2. The van der Waals surface area contributed by atoms with Crippen molar-refractivity contribution in [2.75, 3.05) is 20.1 Å². The zero-order valence-electron chi connectivity index (χ0n) is 11.1. The van der Waals surface area contributed by atoms with Gasteiger partial charge in [0.2, 0.25) is 11.8 Å². The lowest BCUT2D eigenvalue weighted by molar-refractivity contribution is -0.136. The molecule has 5 nitrogen and oxygen atoms in total. The number of hydrogen-bond acceptors (Lipinski definition) is 3. The summed E-state index contributed by atoms with van der Waals surface area (Å²) in [5, 5.41) is 3.09. The summed E-state index contributed by atoms with van der Waals surface area (Å²) in [5.74, 6) is 0.255. The number of piperidine rings is 1. The van der Waals surface area contributed by atoms with Crippen LogP contribution in [0.4, 0.5) is 0 Å². The molecule has 2 amide bonds. The first-order valence-electron chi connectivity index (χ1n) is 6.82. The number of amides is 2. The molecule has 18 heavy (non-hydrogen) atoms. The lowest BCUT2D eigenvalue weighted by Crippen LogP contribution is -2.53. The van der Waals surface area contributed by atoms with Gasteiger partial charge in [0, 0.05) is 32.6 Å². The molecule has 2 aliphatic rings. The molecule has 1 atom stereocenters. The Balaban J connectivity index is 1.93. The zero-order valence-corrected chi connectivity index (χ0v) is 11.1. The Bertz CT molecular complexity index is 337. The summed E-state index contributed by atoms with van der Waals surface area (Å²) < 4.78 is 0. The maximum absolute atomic E-state index is 12.4. The summed E-state index contributed by atoms with van der Waals surface area (Å²) in [6.07, 6.45) is 5.25. The minimum atomic E-state index is -0.347. The van der Waals surface area contributed by atoms with E-state index in [1.54, 1.807) is 11.9 Å². The maximum Gasteiger partial charge on any atom is 0.227 e. The second-order valence-corrected chi connectivity index (χ2v) is 5.67. The van der Waals surface area contributed by atoms with E-state index in [-0.39, 0.29) is 23.3 Å². The monoisotopic (exact) mass is 253 g/mol. The van der Waals surface area contributed by atoms with Crippen molar-refractivity contribution in [1.29, 1.82) is 0 Å². The summed E-state index contributed by atoms with van der Waals surface area (Å²) >= 11 is 0. The largest absolute Gasteiger partial charge is 0.351 e. The van der Waals surface area contributed by atoms with E-state index in [2.05, 4.69) is 5.32 Å². The highest BCUT2D eigenvalue weighted by atomic mass is 16.2. The van der Waals surface area contributed by atoms with Crippen LogP contribution in [0.5, 0.6) is 0 Å². The van der Waals surface area contributed by atoms with Crippen molar-refractivity contribution in [2.45, 2.75) is 44.6 Å². The molecule has 2 fully saturated rings. The second-order valence-electron chi connectivity index (χ2n) is 5.67. The molecule has 1 aliphatic carbocycles. The number of likely N-dealkylation sites (N-methyl/N-ethyl adjacent to an activating group) is 1. The van der Waals surface area contributed by atoms with Gasteiger partial charge in [-0.15, -0.1) is 0 Å². The normalized spacial score (nSPS) is 27.3. The summed E-state index contributed by atoms with van der Waals surface area (Å²) in [6, 6.07) is 0.0872. The molecule has 0 aromatic carbocycles. The molecule has 102 valence electrons. The smallest absolute Gasteiger partial charge is 0.227 e. The summed E-state index contributed by atoms with van der Waals surface area (Å²) in [7, 11) is 1.79. The van der Waals surface area contributed by atoms with Crippen molar-refractivity contribution in [2.24, 2.45) is 11.1 Å². The van der Waals surface area contributed by atoms with Crippen molar-refractivity contribution in [3.63, 3.8) is 0 Å². The summed E-state index contributed by atoms with van der Waals surface area (Å²) in [5.41, 5.74) is 5.45. The highest BCUT2D eigenvalue weighted by Crippen LogP contribution is 2.37. The number of likely N-dealkylation sites (tertiary alicyclic amines) is 1. The highest BCUT2D eigenvalue weighted by molar-refractivity contribution is 5.84. The van der Waals surface area contributed by atoms with Gasteiger partial charge in [-0.05, 0) is 19.3 Å². The molecule has 1 saturated carbocycles. The van der Waals surface area contributed by atoms with E-state index in [0.717, 1.165) is 32.1 Å². The van der Waals surface area contributed by atoms with Crippen molar-refractivity contribution in [1.82, 2.24) is 10.2 Å². The van der Waals surface area contributed by atoms with Crippen LogP contribution in [0.25, 0.3) is 0 Å². The molecule has 0 aromatic heterocycles. The third-order valence-corrected chi connectivity index (χ3v) is 4.39. The molecule has 1 saturated heterocycles. The first-order chi connectivity index (χ1) is 8.57. The lowest BCUT2D eigenvalue weighted by Gasteiger charge is -2.33. The molecular formula is C13H23N3O2. The number of rotatable bonds is 3. The van der Waals surface area contributed by atoms with E-state index in [4.69, 9.17) is 5.73 Å². The van der Waals surface area contributed by atoms with Crippen molar-refractivity contribution in [3.05, 3.63) is 0 Å². The third-order valence-electron chi connectivity index (χ3n) is 4.39. The zero-order chi connectivity index (χ0) is 13.2. The summed E-state index contributed by atoms with van der Waals surface area (Å²) in [6.45, 7) is 1.05. The fourth-order valence-corrected chi connectivity index (χ4v) is 3.04. The average Bonchev–Trinajstić information content (AvgIpc) is 2.84. The van der Waals surface area contributed by atoms with Crippen LogP contribution in [0, 0.1) is 5.41 Å². The van der Waals surface area contributed by atoms with E-state index < -0.39 is 0 Å². The topological polar surface area (TPSA) is 75.4 Å². The standard InChI is InChI=1S/C13H23N3O2/c1-16-8-10(4-5-11(16)17)15-12(18)13(9-14)6-2-3-7-13/h10H,2-9,14H2,1H3,(H,15,18). The van der Waals surface area contributed by atoms with Crippen LogP contribution >= 0.6 is 0 Å². The first-order valence-corrected chi connectivity index (χ1v) is 6.82. The Labute approximate surface area is 108 Å². The SMILES string of the molecule is CN1CC(NC(=O)C2(CN)CCCC2)CCC1=O. The second kappa shape index (κ2) is 5.26.